The van der Waals surface area contributed by atoms with Crippen molar-refractivity contribution in [2.45, 2.75) is 6.10 Å². The SMILES string of the molecule is O=C(c1ccccc1)c1ccccc1C(=O)N1C[C@H](CO)[C@@H](O)C1. The Bertz CT molecular complexity index is 744. The van der Waals surface area contributed by atoms with Crippen LogP contribution >= 0.6 is 0 Å². The zero-order valence-electron chi connectivity index (χ0n) is 13.1. The molecule has 2 atom stereocenters. The third-order valence-corrected chi connectivity index (χ3v) is 4.37. The van der Waals surface area contributed by atoms with Crippen molar-refractivity contribution in [2.24, 2.45) is 5.92 Å². The Morgan fingerprint density at radius 2 is 1.58 bits per heavy atom. The maximum atomic E-state index is 12.8. The molecule has 2 aromatic carbocycles. The minimum absolute atomic E-state index is 0.165. The van der Waals surface area contributed by atoms with Crippen LogP contribution in [0.5, 0.6) is 0 Å². The van der Waals surface area contributed by atoms with E-state index in [-0.39, 0.29) is 37.3 Å². The first-order valence-corrected chi connectivity index (χ1v) is 7.88. The number of carbonyl (C=O) groups is 2. The molecule has 1 aliphatic rings. The van der Waals surface area contributed by atoms with Gasteiger partial charge in [0.1, 0.15) is 0 Å². The van der Waals surface area contributed by atoms with Gasteiger partial charge in [-0.2, -0.15) is 0 Å². The Morgan fingerprint density at radius 3 is 2.21 bits per heavy atom. The van der Waals surface area contributed by atoms with E-state index in [0.29, 0.717) is 16.7 Å². The predicted molar refractivity (Wildman–Crippen MR) is 88.8 cm³/mol. The quantitative estimate of drug-likeness (QED) is 0.832. The lowest BCUT2D eigenvalue weighted by molar-refractivity contribution is 0.0759. The molecule has 1 saturated heterocycles. The van der Waals surface area contributed by atoms with E-state index >= 15 is 0 Å². The molecule has 1 heterocycles. The van der Waals surface area contributed by atoms with E-state index in [1.165, 1.54) is 4.90 Å². The molecule has 0 aliphatic carbocycles. The van der Waals surface area contributed by atoms with E-state index in [1.54, 1.807) is 48.5 Å². The zero-order chi connectivity index (χ0) is 17.1. The van der Waals surface area contributed by atoms with Crippen LogP contribution in [0.15, 0.2) is 54.6 Å². The lowest BCUT2D eigenvalue weighted by Crippen LogP contribution is -2.31. The molecule has 1 fully saturated rings. The Balaban J connectivity index is 1.90. The summed E-state index contributed by atoms with van der Waals surface area (Å²) >= 11 is 0. The molecule has 0 bridgehead atoms. The van der Waals surface area contributed by atoms with Gasteiger partial charge in [-0.15, -0.1) is 0 Å². The second-order valence-electron chi connectivity index (χ2n) is 5.96. The first kappa shape index (κ1) is 16.4. The molecule has 1 amide bonds. The van der Waals surface area contributed by atoms with Crippen molar-refractivity contribution >= 4 is 11.7 Å². The summed E-state index contributed by atoms with van der Waals surface area (Å²) in [4.78, 5) is 27.0. The highest BCUT2D eigenvalue weighted by Crippen LogP contribution is 2.22. The second-order valence-corrected chi connectivity index (χ2v) is 5.96. The smallest absolute Gasteiger partial charge is 0.254 e. The standard InChI is InChI=1S/C19H19NO4/c21-12-14-10-20(11-17(14)22)19(24)16-9-5-4-8-15(16)18(23)13-6-2-1-3-7-13/h1-9,14,17,21-22H,10-12H2/t14-,17+/m1/s1. The number of benzene rings is 2. The number of ketones is 1. The highest BCUT2D eigenvalue weighted by atomic mass is 16.3. The minimum atomic E-state index is -0.740. The molecule has 0 aromatic heterocycles. The zero-order valence-corrected chi connectivity index (χ0v) is 13.1. The van der Waals surface area contributed by atoms with Gasteiger partial charge < -0.3 is 15.1 Å². The number of aliphatic hydroxyl groups excluding tert-OH is 2. The van der Waals surface area contributed by atoms with Crippen molar-refractivity contribution in [1.82, 2.24) is 4.90 Å². The number of hydrogen-bond acceptors (Lipinski definition) is 4. The van der Waals surface area contributed by atoms with Crippen molar-refractivity contribution in [2.75, 3.05) is 19.7 Å². The molecule has 2 N–H and O–H groups in total. The fourth-order valence-electron chi connectivity index (χ4n) is 2.98. The number of aliphatic hydroxyl groups is 2. The molecule has 2 aromatic rings. The predicted octanol–water partition coefficient (Wildman–Crippen LogP) is 1.34. The number of likely N-dealkylation sites (tertiary alicyclic amines) is 1. The normalized spacial score (nSPS) is 20.2. The van der Waals surface area contributed by atoms with Gasteiger partial charge in [0.05, 0.1) is 18.3 Å². The number of carbonyl (C=O) groups excluding carboxylic acids is 2. The maximum Gasteiger partial charge on any atom is 0.254 e. The van der Waals surface area contributed by atoms with Gasteiger partial charge in [-0.05, 0) is 6.07 Å². The average Bonchev–Trinajstić information content (AvgIpc) is 3.02. The van der Waals surface area contributed by atoms with Gasteiger partial charge in [0.25, 0.3) is 5.91 Å². The summed E-state index contributed by atoms with van der Waals surface area (Å²) < 4.78 is 0. The van der Waals surface area contributed by atoms with E-state index in [2.05, 4.69) is 0 Å². The molecule has 0 radical (unpaired) electrons. The van der Waals surface area contributed by atoms with Crippen molar-refractivity contribution in [3.8, 4) is 0 Å². The molecule has 5 nitrogen and oxygen atoms in total. The molecule has 1 aliphatic heterocycles. The molecular formula is C19H19NO4. The fourth-order valence-corrected chi connectivity index (χ4v) is 2.98. The van der Waals surface area contributed by atoms with E-state index in [1.807, 2.05) is 6.07 Å². The summed E-state index contributed by atoms with van der Waals surface area (Å²) in [6.45, 7) is 0.276. The first-order chi connectivity index (χ1) is 11.6. The van der Waals surface area contributed by atoms with Crippen molar-refractivity contribution < 1.29 is 19.8 Å². The van der Waals surface area contributed by atoms with Crippen LogP contribution in [0.25, 0.3) is 0 Å². The van der Waals surface area contributed by atoms with Crippen LogP contribution in [0.3, 0.4) is 0 Å². The van der Waals surface area contributed by atoms with Crippen LogP contribution in [0.2, 0.25) is 0 Å². The summed E-state index contributed by atoms with van der Waals surface area (Å²) in [5.41, 5.74) is 1.18. The van der Waals surface area contributed by atoms with E-state index < -0.39 is 6.10 Å². The van der Waals surface area contributed by atoms with Gasteiger partial charge in [0.15, 0.2) is 5.78 Å². The summed E-state index contributed by atoms with van der Waals surface area (Å²) in [7, 11) is 0. The monoisotopic (exact) mass is 325 g/mol. The molecule has 0 unspecified atom stereocenters. The first-order valence-electron chi connectivity index (χ1n) is 7.88. The highest BCUT2D eigenvalue weighted by Gasteiger charge is 2.34. The molecule has 124 valence electrons. The van der Waals surface area contributed by atoms with Crippen LogP contribution in [0, 0.1) is 5.92 Å². The number of nitrogens with zero attached hydrogens (tertiary/aromatic N) is 1. The molecule has 24 heavy (non-hydrogen) atoms. The maximum absolute atomic E-state index is 12.8. The van der Waals surface area contributed by atoms with Crippen LogP contribution in [0.4, 0.5) is 0 Å². The second kappa shape index (κ2) is 6.95. The van der Waals surface area contributed by atoms with E-state index in [4.69, 9.17) is 0 Å². The molecular weight excluding hydrogens is 306 g/mol. The van der Waals surface area contributed by atoms with Crippen molar-refractivity contribution in [3.63, 3.8) is 0 Å². The van der Waals surface area contributed by atoms with Crippen LogP contribution in [0.1, 0.15) is 26.3 Å². The Kier molecular flexibility index (Phi) is 4.74. The highest BCUT2D eigenvalue weighted by molar-refractivity contribution is 6.15. The van der Waals surface area contributed by atoms with Gasteiger partial charge in [-0.3, -0.25) is 9.59 Å². The third-order valence-electron chi connectivity index (χ3n) is 4.37. The largest absolute Gasteiger partial charge is 0.396 e. The Labute approximate surface area is 140 Å². The fraction of sp³-hybridized carbons (Fsp3) is 0.263. The molecule has 3 rings (SSSR count). The van der Waals surface area contributed by atoms with Gasteiger partial charge in [-0.1, -0.05) is 48.5 Å². The van der Waals surface area contributed by atoms with E-state index in [9.17, 15) is 19.8 Å². The van der Waals surface area contributed by atoms with Gasteiger partial charge in [0.2, 0.25) is 0 Å². The molecule has 0 spiro atoms. The number of rotatable bonds is 4. The number of hydrogen-bond donors (Lipinski definition) is 2. The number of amides is 1. The van der Waals surface area contributed by atoms with Crippen LogP contribution < -0.4 is 0 Å². The third kappa shape index (κ3) is 3.09. The lowest BCUT2D eigenvalue weighted by atomic mass is 9.97. The summed E-state index contributed by atoms with van der Waals surface area (Å²) in [5, 5.41) is 19.1. The van der Waals surface area contributed by atoms with Gasteiger partial charge >= 0.3 is 0 Å². The van der Waals surface area contributed by atoms with Crippen molar-refractivity contribution in [1.29, 1.82) is 0 Å². The topological polar surface area (TPSA) is 77.8 Å². The summed E-state index contributed by atoms with van der Waals surface area (Å²) in [6, 6.07) is 15.5. The van der Waals surface area contributed by atoms with Crippen LogP contribution in [-0.4, -0.2) is 52.6 Å². The molecule has 0 saturated carbocycles. The molecule has 5 heteroatoms. The van der Waals surface area contributed by atoms with Crippen LogP contribution in [-0.2, 0) is 0 Å². The average molecular weight is 325 g/mol. The summed E-state index contributed by atoms with van der Waals surface area (Å²) in [5.74, 6) is -0.853. The Hall–Kier alpha value is -2.50. The minimum Gasteiger partial charge on any atom is -0.396 e. The van der Waals surface area contributed by atoms with Crippen molar-refractivity contribution in [3.05, 3.63) is 71.3 Å². The van der Waals surface area contributed by atoms with Gasteiger partial charge in [0, 0.05) is 30.1 Å². The Morgan fingerprint density at radius 1 is 0.958 bits per heavy atom. The number of β-amino-alcohol motifs (C(OH)–C–C–N with tert-alkyl or cyclic N) is 1. The van der Waals surface area contributed by atoms with Gasteiger partial charge in [-0.25, -0.2) is 0 Å². The lowest BCUT2D eigenvalue weighted by Gasteiger charge is -2.17. The van der Waals surface area contributed by atoms with E-state index in [0.717, 1.165) is 0 Å². The summed E-state index contributed by atoms with van der Waals surface area (Å²) in [6.07, 6.45) is -0.740.